The van der Waals surface area contributed by atoms with Gasteiger partial charge in [-0.05, 0) is 56.5 Å². The van der Waals surface area contributed by atoms with E-state index in [1.807, 2.05) is 13.0 Å². The fourth-order valence-electron chi connectivity index (χ4n) is 3.93. The van der Waals surface area contributed by atoms with Gasteiger partial charge in [0.2, 0.25) is 5.91 Å². The molecule has 8 heteroatoms. The second kappa shape index (κ2) is 7.51. The summed E-state index contributed by atoms with van der Waals surface area (Å²) in [6.45, 7) is 3.23. The lowest BCUT2D eigenvalue weighted by atomic mass is 9.92. The number of nitrogens with one attached hydrogen (secondary N) is 1. The Morgan fingerprint density at radius 3 is 2.57 bits per heavy atom. The van der Waals surface area contributed by atoms with E-state index in [1.165, 1.54) is 0 Å². The number of ether oxygens (including phenoxy) is 1. The lowest BCUT2D eigenvalue weighted by Gasteiger charge is -2.29. The summed E-state index contributed by atoms with van der Waals surface area (Å²) >= 11 is 0. The number of hydrogen-bond donors (Lipinski definition) is 1. The number of methoxy groups -OCH3 is 1. The largest absolute Gasteiger partial charge is 0.497 e. The Balaban J connectivity index is 1.53. The van der Waals surface area contributed by atoms with Gasteiger partial charge in [0, 0.05) is 6.04 Å². The third-order valence-corrected chi connectivity index (χ3v) is 5.84. The molecule has 2 aromatic rings. The first-order valence-corrected chi connectivity index (χ1v) is 9.98. The van der Waals surface area contributed by atoms with Gasteiger partial charge in [-0.15, -0.1) is 0 Å². The molecule has 2 aliphatic rings. The fraction of sp³-hybridized carbons (Fsp3) is 0.409. The van der Waals surface area contributed by atoms with Gasteiger partial charge in [-0.1, -0.05) is 12.1 Å². The van der Waals surface area contributed by atoms with Gasteiger partial charge in [-0.25, -0.2) is 4.79 Å². The van der Waals surface area contributed by atoms with Crippen LogP contribution < -0.4 is 10.1 Å². The smallest absolute Gasteiger partial charge is 0.325 e. The third-order valence-electron chi connectivity index (χ3n) is 5.84. The second-order valence-corrected chi connectivity index (χ2v) is 7.90. The van der Waals surface area contributed by atoms with E-state index in [1.54, 1.807) is 55.5 Å². The molecule has 1 aromatic heterocycles. The first kappa shape index (κ1) is 20.0. The van der Waals surface area contributed by atoms with Crippen LogP contribution >= 0.6 is 0 Å². The number of furan rings is 1. The minimum Gasteiger partial charge on any atom is -0.497 e. The maximum Gasteiger partial charge on any atom is 0.325 e. The van der Waals surface area contributed by atoms with Crippen molar-refractivity contribution in [3.63, 3.8) is 0 Å². The van der Waals surface area contributed by atoms with Crippen LogP contribution in [-0.4, -0.2) is 47.3 Å². The number of hydrogen-bond acceptors (Lipinski definition) is 5. The molecule has 0 bridgehead atoms. The molecule has 1 saturated heterocycles. The van der Waals surface area contributed by atoms with Crippen molar-refractivity contribution >= 4 is 17.8 Å². The Labute approximate surface area is 174 Å². The first-order chi connectivity index (χ1) is 14.3. The summed E-state index contributed by atoms with van der Waals surface area (Å²) in [4.78, 5) is 41.6. The summed E-state index contributed by atoms with van der Waals surface area (Å²) in [5.74, 6) is 0.602. The Hall–Kier alpha value is -3.29. The number of nitrogens with zero attached hydrogens (tertiary/aromatic N) is 2. The summed E-state index contributed by atoms with van der Waals surface area (Å²) < 4.78 is 10.6. The molecule has 2 unspecified atom stereocenters. The van der Waals surface area contributed by atoms with Crippen LogP contribution in [0.2, 0.25) is 0 Å². The van der Waals surface area contributed by atoms with E-state index in [0.717, 1.165) is 17.7 Å². The van der Waals surface area contributed by atoms with Gasteiger partial charge in [0.1, 0.15) is 23.6 Å². The van der Waals surface area contributed by atoms with E-state index in [-0.39, 0.29) is 24.5 Å². The average molecular weight is 411 g/mol. The average Bonchev–Trinajstić information content (AvgIpc) is 3.35. The molecule has 1 N–H and O–H groups in total. The SMILES string of the molecule is COc1ccc(C2(C)NC(=O)N(CC(=O)N(C3CC3)C(C)c3ccco3)C2=O)cc1. The zero-order chi connectivity index (χ0) is 21.5. The molecule has 2 atom stereocenters. The Bertz CT molecular complexity index is 952. The van der Waals surface area contributed by atoms with Gasteiger partial charge in [0.05, 0.1) is 19.4 Å². The highest BCUT2D eigenvalue weighted by molar-refractivity contribution is 6.09. The number of imide groups is 1. The van der Waals surface area contributed by atoms with Crippen LogP contribution in [-0.2, 0) is 15.1 Å². The molecule has 0 radical (unpaired) electrons. The summed E-state index contributed by atoms with van der Waals surface area (Å²) in [6.07, 6.45) is 3.38. The number of urea groups is 1. The number of benzene rings is 1. The van der Waals surface area contributed by atoms with Crippen LogP contribution in [0.3, 0.4) is 0 Å². The monoisotopic (exact) mass is 411 g/mol. The minimum absolute atomic E-state index is 0.103. The summed E-state index contributed by atoms with van der Waals surface area (Å²) in [5, 5.41) is 2.74. The van der Waals surface area contributed by atoms with Crippen molar-refractivity contribution in [3.05, 3.63) is 54.0 Å². The molecule has 1 aliphatic heterocycles. The highest BCUT2D eigenvalue weighted by Gasteiger charge is 2.50. The number of amides is 4. The van der Waals surface area contributed by atoms with Crippen LogP contribution in [0.1, 0.15) is 44.1 Å². The number of carbonyl (C=O) groups is 3. The zero-order valence-corrected chi connectivity index (χ0v) is 17.3. The van der Waals surface area contributed by atoms with Crippen molar-refractivity contribution in [1.82, 2.24) is 15.1 Å². The summed E-state index contributed by atoms with van der Waals surface area (Å²) in [7, 11) is 1.56. The minimum atomic E-state index is -1.24. The molecule has 0 spiro atoms. The molecule has 30 heavy (non-hydrogen) atoms. The van der Waals surface area contributed by atoms with Crippen LogP contribution in [0, 0.1) is 0 Å². The van der Waals surface area contributed by atoms with Crippen LogP contribution in [0.15, 0.2) is 47.1 Å². The van der Waals surface area contributed by atoms with Crippen molar-refractivity contribution in [2.75, 3.05) is 13.7 Å². The molecule has 2 heterocycles. The number of rotatable bonds is 7. The van der Waals surface area contributed by atoms with Crippen molar-refractivity contribution in [2.45, 2.75) is 44.3 Å². The molecule has 1 aliphatic carbocycles. The van der Waals surface area contributed by atoms with E-state index in [9.17, 15) is 14.4 Å². The van der Waals surface area contributed by atoms with Gasteiger partial charge in [-0.3, -0.25) is 14.5 Å². The van der Waals surface area contributed by atoms with E-state index >= 15 is 0 Å². The third kappa shape index (κ3) is 3.42. The van der Waals surface area contributed by atoms with Gasteiger partial charge in [-0.2, -0.15) is 0 Å². The Morgan fingerprint density at radius 2 is 2.00 bits per heavy atom. The molecule has 4 rings (SSSR count). The lowest BCUT2D eigenvalue weighted by molar-refractivity contribution is -0.140. The lowest BCUT2D eigenvalue weighted by Crippen LogP contribution is -2.46. The van der Waals surface area contributed by atoms with E-state index in [0.29, 0.717) is 17.1 Å². The van der Waals surface area contributed by atoms with Crippen LogP contribution in [0.25, 0.3) is 0 Å². The quantitative estimate of drug-likeness (QED) is 0.708. The molecular weight excluding hydrogens is 386 g/mol. The number of carbonyl (C=O) groups excluding carboxylic acids is 3. The van der Waals surface area contributed by atoms with Crippen LogP contribution in [0.5, 0.6) is 5.75 Å². The van der Waals surface area contributed by atoms with Gasteiger partial charge in [0.25, 0.3) is 5.91 Å². The van der Waals surface area contributed by atoms with Crippen molar-refractivity contribution in [2.24, 2.45) is 0 Å². The second-order valence-electron chi connectivity index (χ2n) is 7.90. The molecule has 1 aromatic carbocycles. The maximum atomic E-state index is 13.2. The standard InChI is InChI=1S/C22H25N3O5/c1-14(18-5-4-12-30-18)25(16-8-9-16)19(26)13-24-20(27)22(2,23-21(24)28)15-6-10-17(29-3)11-7-15/h4-7,10-12,14,16H,8-9,13H2,1-3H3,(H,23,28). The Morgan fingerprint density at radius 1 is 1.30 bits per heavy atom. The predicted molar refractivity (Wildman–Crippen MR) is 108 cm³/mol. The topological polar surface area (TPSA) is 92.1 Å². The first-order valence-electron chi connectivity index (χ1n) is 9.98. The molecular formula is C22H25N3O5. The van der Waals surface area contributed by atoms with Crippen LogP contribution in [0.4, 0.5) is 4.79 Å². The van der Waals surface area contributed by atoms with Gasteiger partial charge < -0.3 is 19.4 Å². The van der Waals surface area contributed by atoms with Crippen molar-refractivity contribution in [1.29, 1.82) is 0 Å². The van der Waals surface area contributed by atoms with Gasteiger partial charge >= 0.3 is 6.03 Å². The zero-order valence-electron chi connectivity index (χ0n) is 17.3. The molecule has 1 saturated carbocycles. The van der Waals surface area contributed by atoms with E-state index in [2.05, 4.69) is 5.32 Å². The normalized spacial score (nSPS) is 22.0. The molecule has 8 nitrogen and oxygen atoms in total. The molecule has 4 amide bonds. The molecule has 2 fully saturated rings. The van der Waals surface area contributed by atoms with Gasteiger partial charge in [0.15, 0.2) is 0 Å². The van der Waals surface area contributed by atoms with Crippen molar-refractivity contribution in [3.8, 4) is 5.75 Å². The highest BCUT2D eigenvalue weighted by atomic mass is 16.5. The van der Waals surface area contributed by atoms with Crippen molar-refractivity contribution < 1.29 is 23.5 Å². The molecule has 158 valence electrons. The van der Waals surface area contributed by atoms with E-state index in [4.69, 9.17) is 9.15 Å². The van der Waals surface area contributed by atoms with E-state index < -0.39 is 17.5 Å². The maximum absolute atomic E-state index is 13.2. The summed E-state index contributed by atoms with van der Waals surface area (Å²) in [6, 6.07) is 9.78. The Kier molecular flexibility index (Phi) is 5.01. The fourth-order valence-corrected chi connectivity index (χ4v) is 3.93. The highest BCUT2D eigenvalue weighted by Crippen LogP contribution is 2.35. The predicted octanol–water partition coefficient (Wildman–Crippen LogP) is 2.81. The summed E-state index contributed by atoms with van der Waals surface area (Å²) in [5.41, 5.74) is -0.611.